The number of hydrogen-bond acceptors (Lipinski definition) is 2. The third-order valence-electron chi connectivity index (χ3n) is 4.24. The first-order chi connectivity index (χ1) is 11.2. The second-order valence-electron chi connectivity index (χ2n) is 5.72. The van der Waals surface area contributed by atoms with E-state index in [0.29, 0.717) is 0 Å². The number of benzene rings is 2. The minimum Gasteiger partial charge on any atom is -0.461 e. The molecule has 0 spiro atoms. The second kappa shape index (κ2) is 5.57. The highest BCUT2D eigenvalue weighted by atomic mass is 79.9. The number of rotatable bonds is 3. The standard InChI is InChI=1S/C20H17BrO2/c1-3-15-6-8-18(22-15)19-17-7-5-14(21)10-12(17)9-13-11-16(4-2)23-20(13)19/h5-11H,3-4H2,1-2H3. The predicted molar refractivity (Wildman–Crippen MR) is 97.9 cm³/mol. The number of furan rings is 2. The van der Waals surface area contributed by atoms with Gasteiger partial charge in [0, 0.05) is 22.7 Å². The van der Waals surface area contributed by atoms with Gasteiger partial charge in [0.05, 0.1) is 5.56 Å². The molecule has 23 heavy (non-hydrogen) atoms. The molecule has 4 rings (SSSR count). The van der Waals surface area contributed by atoms with Crippen molar-refractivity contribution in [3.8, 4) is 11.3 Å². The van der Waals surface area contributed by atoms with Gasteiger partial charge in [-0.3, -0.25) is 0 Å². The summed E-state index contributed by atoms with van der Waals surface area (Å²) in [5, 5.41) is 3.45. The first-order valence-electron chi connectivity index (χ1n) is 7.93. The smallest absolute Gasteiger partial charge is 0.145 e. The van der Waals surface area contributed by atoms with Gasteiger partial charge in [0.25, 0.3) is 0 Å². The maximum Gasteiger partial charge on any atom is 0.145 e. The molecular weight excluding hydrogens is 352 g/mol. The van der Waals surface area contributed by atoms with Crippen molar-refractivity contribution in [2.24, 2.45) is 0 Å². The molecule has 4 aromatic rings. The lowest BCUT2D eigenvalue weighted by Crippen LogP contribution is -1.82. The zero-order chi connectivity index (χ0) is 16.0. The zero-order valence-corrected chi connectivity index (χ0v) is 14.7. The summed E-state index contributed by atoms with van der Waals surface area (Å²) in [7, 11) is 0. The van der Waals surface area contributed by atoms with Crippen molar-refractivity contribution < 1.29 is 8.83 Å². The van der Waals surface area contributed by atoms with Gasteiger partial charge in [0.1, 0.15) is 22.9 Å². The van der Waals surface area contributed by atoms with Crippen LogP contribution in [-0.2, 0) is 12.8 Å². The maximum absolute atomic E-state index is 6.11. The van der Waals surface area contributed by atoms with E-state index in [0.717, 1.165) is 56.5 Å². The molecule has 0 saturated carbocycles. The molecule has 0 aliphatic carbocycles. The van der Waals surface area contributed by atoms with E-state index in [1.807, 2.05) is 12.1 Å². The van der Waals surface area contributed by atoms with Gasteiger partial charge >= 0.3 is 0 Å². The normalized spacial score (nSPS) is 11.6. The molecule has 2 aromatic heterocycles. The molecule has 0 atom stereocenters. The first kappa shape index (κ1) is 14.6. The van der Waals surface area contributed by atoms with Crippen LogP contribution in [0.1, 0.15) is 25.4 Å². The lowest BCUT2D eigenvalue weighted by molar-refractivity contribution is 0.526. The van der Waals surface area contributed by atoms with Crippen LogP contribution < -0.4 is 0 Å². The summed E-state index contributed by atoms with van der Waals surface area (Å²) in [6, 6.07) is 14.7. The molecule has 0 radical (unpaired) electrons. The van der Waals surface area contributed by atoms with Gasteiger partial charge in [-0.15, -0.1) is 0 Å². The van der Waals surface area contributed by atoms with Gasteiger partial charge in [0.15, 0.2) is 0 Å². The third kappa shape index (κ3) is 2.40. The molecule has 0 unspecified atom stereocenters. The van der Waals surface area contributed by atoms with Crippen molar-refractivity contribution in [3.05, 3.63) is 58.5 Å². The van der Waals surface area contributed by atoms with Crippen molar-refractivity contribution in [1.29, 1.82) is 0 Å². The average Bonchev–Trinajstić information content (AvgIpc) is 3.18. The van der Waals surface area contributed by atoms with Crippen molar-refractivity contribution >= 4 is 37.7 Å². The summed E-state index contributed by atoms with van der Waals surface area (Å²) in [6.45, 7) is 4.20. The Bertz CT molecular complexity index is 1010. The Morgan fingerprint density at radius 1 is 0.826 bits per heavy atom. The highest BCUT2D eigenvalue weighted by Crippen LogP contribution is 2.39. The van der Waals surface area contributed by atoms with E-state index in [-0.39, 0.29) is 0 Å². The van der Waals surface area contributed by atoms with E-state index in [9.17, 15) is 0 Å². The van der Waals surface area contributed by atoms with Gasteiger partial charge in [-0.05, 0) is 47.2 Å². The second-order valence-corrected chi connectivity index (χ2v) is 6.64. The summed E-state index contributed by atoms with van der Waals surface area (Å²) in [5.41, 5.74) is 1.96. The largest absolute Gasteiger partial charge is 0.461 e. The quantitative estimate of drug-likeness (QED) is 0.400. The fraction of sp³-hybridized carbons (Fsp3) is 0.200. The van der Waals surface area contributed by atoms with E-state index in [2.05, 4.69) is 60.1 Å². The number of fused-ring (bicyclic) bond motifs is 2. The maximum atomic E-state index is 6.11. The summed E-state index contributed by atoms with van der Waals surface area (Å²) < 4.78 is 13.2. The van der Waals surface area contributed by atoms with Crippen LogP contribution in [-0.4, -0.2) is 0 Å². The lowest BCUT2D eigenvalue weighted by atomic mass is 10.00. The van der Waals surface area contributed by atoms with Gasteiger partial charge in [-0.25, -0.2) is 0 Å². The summed E-state index contributed by atoms with van der Waals surface area (Å²) in [6.07, 6.45) is 1.77. The van der Waals surface area contributed by atoms with Crippen molar-refractivity contribution in [2.75, 3.05) is 0 Å². The van der Waals surface area contributed by atoms with E-state index in [1.165, 1.54) is 5.39 Å². The van der Waals surface area contributed by atoms with Crippen LogP contribution in [0.5, 0.6) is 0 Å². The van der Waals surface area contributed by atoms with Gasteiger partial charge in [-0.1, -0.05) is 35.8 Å². The van der Waals surface area contributed by atoms with Gasteiger partial charge < -0.3 is 8.83 Å². The van der Waals surface area contributed by atoms with Crippen molar-refractivity contribution in [2.45, 2.75) is 26.7 Å². The fourth-order valence-corrected chi connectivity index (χ4v) is 3.43. The highest BCUT2D eigenvalue weighted by molar-refractivity contribution is 9.10. The predicted octanol–water partition coefficient (Wildman–Crippen LogP) is 6.73. The van der Waals surface area contributed by atoms with Crippen molar-refractivity contribution in [1.82, 2.24) is 0 Å². The molecule has 2 heterocycles. The minimum atomic E-state index is 0.872. The molecule has 3 heteroatoms. The van der Waals surface area contributed by atoms with Crippen molar-refractivity contribution in [3.63, 3.8) is 0 Å². The monoisotopic (exact) mass is 368 g/mol. The Morgan fingerprint density at radius 3 is 2.39 bits per heavy atom. The average molecular weight is 369 g/mol. The summed E-state index contributed by atoms with van der Waals surface area (Å²) in [4.78, 5) is 0. The lowest BCUT2D eigenvalue weighted by Gasteiger charge is -2.06. The molecular formula is C20H17BrO2. The molecule has 116 valence electrons. The Hall–Kier alpha value is -2.00. The Kier molecular flexibility index (Phi) is 3.53. The third-order valence-corrected chi connectivity index (χ3v) is 4.73. The zero-order valence-electron chi connectivity index (χ0n) is 13.2. The van der Waals surface area contributed by atoms with Crippen LogP contribution in [0.4, 0.5) is 0 Å². The molecule has 0 aliphatic heterocycles. The molecule has 2 aromatic carbocycles. The Morgan fingerprint density at radius 2 is 1.65 bits per heavy atom. The van der Waals surface area contributed by atoms with Crippen LogP contribution >= 0.6 is 15.9 Å². The van der Waals surface area contributed by atoms with Crippen LogP contribution in [0.15, 0.2) is 55.8 Å². The van der Waals surface area contributed by atoms with E-state index >= 15 is 0 Å². The molecule has 0 amide bonds. The van der Waals surface area contributed by atoms with Crippen LogP contribution in [0.2, 0.25) is 0 Å². The Labute approximate surface area is 143 Å². The highest BCUT2D eigenvalue weighted by Gasteiger charge is 2.17. The minimum absolute atomic E-state index is 0.872. The first-order valence-corrected chi connectivity index (χ1v) is 8.72. The van der Waals surface area contributed by atoms with Crippen LogP contribution in [0, 0.1) is 0 Å². The SMILES string of the molecule is CCc1ccc(-c2c3ccc(Br)cc3cc3cc(CC)oc23)o1. The molecule has 0 fully saturated rings. The summed E-state index contributed by atoms with van der Waals surface area (Å²) in [5.74, 6) is 2.86. The topological polar surface area (TPSA) is 26.3 Å². The number of hydrogen-bond donors (Lipinski definition) is 0. The van der Waals surface area contributed by atoms with Gasteiger partial charge in [-0.2, -0.15) is 0 Å². The van der Waals surface area contributed by atoms with E-state index in [1.54, 1.807) is 0 Å². The molecule has 0 N–H and O–H groups in total. The van der Waals surface area contributed by atoms with E-state index in [4.69, 9.17) is 8.83 Å². The molecule has 0 saturated heterocycles. The molecule has 2 nitrogen and oxygen atoms in total. The molecule has 0 aliphatic rings. The van der Waals surface area contributed by atoms with Crippen LogP contribution in [0.3, 0.4) is 0 Å². The molecule has 0 bridgehead atoms. The summed E-state index contributed by atoms with van der Waals surface area (Å²) >= 11 is 3.56. The number of halogens is 1. The number of aryl methyl sites for hydroxylation is 2. The Balaban J connectivity index is 2.12. The van der Waals surface area contributed by atoms with Gasteiger partial charge in [0.2, 0.25) is 0 Å². The fourth-order valence-electron chi connectivity index (χ4n) is 3.05. The van der Waals surface area contributed by atoms with E-state index < -0.39 is 0 Å². The van der Waals surface area contributed by atoms with Crippen LogP contribution in [0.25, 0.3) is 33.1 Å².